The van der Waals surface area contributed by atoms with Gasteiger partial charge in [0.25, 0.3) is 5.91 Å². The van der Waals surface area contributed by atoms with E-state index in [4.69, 9.17) is 4.74 Å². The quantitative estimate of drug-likeness (QED) is 0.848. The van der Waals surface area contributed by atoms with Gasteiger partial charge in [0.1, 0.15) is 6.33 Å². The molecule has 128 valence electrons. The number of nitrogens with zero attached hydrogens (tertiary/aromatic N) is 3. The standard InChI is InChI=1S/C18H24N4O2/c1-2-22-13-20-21-16(22)12-19-18(23)17(14-8-4-3-5-9-14)24-15-10-6-7-11-15/h3-5,8-9,13,15,17H,2,6-7,10-12H2,1H3,(H,19,23). The zero-order chi connectivity index (χ0) is 16.8. The molecule has 3 rings (SSSR count). The molecule has 0 radical (unpaired) electrons. The van der Waals surface area contributed by atoms with Crippen molar-refractivity contribution in [3.8, 4) is 0 Å². The Bertz CT molecular complexity index is 650. The Labute approximate surface area is 142 Å². The molecular weight excluding hydrogens is 304 g/mol. The zero-order valence-corrected chi connectivity index (χ0v) is 14.0. The minimum Gasteiger partial charge on any atom is -0.360 e. The molecule has 6 nitrogen and oxygen atoms in total. The maximum absolute atomic E-state index is 12.7. The van der Waals surface area contributed by atoms with Crippen molar-refractivity contribution in [2.75, 3.05) is 0 Å². The van der Waals surface area contributed by atoms with Gasteiger partial charge in [0.15, 0.2) is 11.9 Å². The molecule has 0 aliphatic heterocycles. The summed E-state index contributed by atoms with van der Waals surface area (Å²) in [6, 6.07) is 9.68. The van der Waals surface area contributed by atoms with Crippen molar-refractivity contribution in [1.29, 1.82) is 0 Å². The van der Waals surface area contributed by atoms with E-state index in [1.54, 1.807) is 6.33 Å². The number of rotatable bonds is 7. The van der Waals surface area contributed by atoms with Crippen molar-refractivity contribution >= 4 is 5.91 Å². The van der Waals surface area contributed by atoms with Gasteiger partial charge >= 0.3 is 0 Å². The number of benzene rings is 1. The van der Waals surface area contributed by atoms with E-state index in [2.05, 4.69) is 15.5 Å². The third-order valence-corrected chi connectivity index (χ3v) is 4.43. The largest absolute Gasteiger partial charge is 0.360 e. The Morgan fingerprint density at radius 2 is 2.08 bits per heavy atom. The fourth-order valence-electron chi connectivity index (χ4n) is 3.08. The number of aryl methyl sites for hydroxylation is 1. The average molecular weight is 328 g/mol. The summed E-state index contributed by atoms with van der Waals surface area (Å²) in [5.74, 6) is 0.622. The summed E-state index contributed by atoms with van der Waals surface area (Å²) in [5, 5.41) is 10.9. The molecule has 2 aromatic rings. The van der Waals surface area contributed by atoms with Gasteiger partial charge in [-0.1, -0.05) is 43.2 Å². The van der Waals surface area contributed by atoms with E-state index in [9.17, 15) is 4.79 Å². The molecule has 0 spiro atoms. The molecule has 1 aliphatic rings. The molecular formula is C18H24N4O2. The smallest absolute Gasteiger partial charge is 0.254 e. The summed E-state index contributed by atoms with van der Waals surface area (Å²) in [4.78, 5) is 12.7. The third-order valence-electron chi connectivity index (χ3n) is 4.43. The fourth-order valence-corrected chi connectivity index (χ4v) is 3.08. The number of carbonyl (C=O) groups excluding carboxylic acids is 1. The minimum atomic E-state index is -0.577. The molecule has 1 aromatic carbocycles. The topological polar surface area (TPSA) is 69.0 Å². The van der Waals surface area contributed by atoms with Crippen molar-refractivity contribution in [3.63, 3.8) is 0 Å². The summed E-state index contributed by atoms with van der Waals surface area (Å²) in [7, 11) is 0. The highest BCUT2D eigenvalue weighted by Crippen LogP contribution is 2.28. The Balaban J connectivity index is 1.68. The molecule has 1 aliphatic carbocycles. The predicted octanol–water partition coefficient (Wildman–Crippen LogP) is 2.61. The third kappa shape index (κ3) is 4.00. The van der Waals surface area contributed by atoms with Crippen LogP contribution in [-0.2, 0) is 22.6 Å². The van der Waals surface area contributed by atoms with Gasteiger partial charge < -0.3 is 14.6 Å². The molecule has 1 unspecified atom stereocenters. The first-order valence-corrected chi connectivity index (χ1v) is 8.62. The first-order valence-electron chi connectivity index (χ1n) is 8.62. The summed E-state index contributed by atoms with van der Waals surface area (Å²) in [6.45, 7) is 3.15. The van der Waals surface area contributed by atoms with Crippen LogP contribution in [0.15, 0.2) is 36.7 Å². The number of aromatic nitrogens is 3. The van der Waals surface area contributed by atoms with E-state index < -0.39 is 6.10 Å². The zero-order valence-electron chi connectivity index (χ0n) is 14.0. The van der Waals surface area contributed by atoms with Gasteiger partial charge in [0.05, 0.1) is 12.6 Å². The van der Waals surface area contributed by atoms with Crippen LogP contribution in [0.5, 0.6) is 0 Å². The Kier molecular flexibility index (Phi) is 5.59. The SMILES string of the molecule is CCn1cnnc1CNC(=O)C(OC1CCCC1)c1ccccc1. The molecule has 1 amide bonds. The maximum atomic E-state index is 12.7. The number of nitrogens with one attached hydrogen (secondary N) is 1. The molecule has 24 heavy (non-hydrogen) atoms. The molecule has 1 saturated carbocycles. The van der Waals surface area contributed by atoms with Crippen molar-refractivity contribution in [2.24, 2.45) is 0 Å². The summed E-state index contributed by atoms with van der Waals surface area (Å²) in [5.41, 5.74) is 0.888. The second kappa shape index (κ2) is 8.06. The van der Waals surface area contributed by atoms with E-state index in [0.29, 0.717) is 6.54 Å². The van der Waals surface area contributed by atoms with Crippen LogP contribution in [0.25, 0.3) is 0 Å². The number of carbonyl (C=O) groups is 1. The monoisotopic (exact) mass is 328 g/mol. The lowest BCUT2D eigenvalue weighted by Gasteiger charge is -2.22. The normalized spacial score (nSPS) is 16.2. The van der Waals surface area contributed by atoms with Crippen LogP contribution < -0.4 is 5.32 Å². The first-order chi connectivity index (χ1) is 11.8. The van der Waals surface area contributed by atoms with Gasteiger partial charge in [-0.05, 0) is 25.3 Å². The van der Waals surface area contributed by atoms with Gasteiger partial charge in [-0.15, -0.1) is 10.2 Å². The highest BCUT2D eigenvalue weighted by atomic mass is 16.5. The summed E-state index contributed by atoms with van der Waals surface area (Å²) >= 11 is 0. The summed E-state index contributed by atoms with van der Waals surface area (Å²) in [6.07, 6.45) is 5.67. The molecule has 0 saturated heterocycles. The van der Waals surface area contributed by atoms with Crippen molar-refractivity contribution in [3.05, 3.63) is 48.0 Å². The number of amides is 1. The Hall–Kier alpha value is -2.21. The number of hydrogen-bond acceptors (Lipinski definition) is 4. The van der Waals surface area contributed by atoms with E-state index >= 15 is 0 Å². The highest BCUT2D eigenvalue weighted by molar-refractivity contribution is 5.82. The van der Waals surface area contributed by atoms with Crippen molar-refractivity contribution in [1.82, 2.24) is 20.1 Å². The van der Waals surface area contributed by atoms with Crippen molar-refractivity contribution < 1.29 is 9.53 Å². The number of ether oxygens (including phenoxy) is 1. The van der Waals surface area contributed by atoms with E-state index in [1.165, 1.54) is 12.8 Å². The van der Waals surface area contributed by atoms with Crippen LogP contribution >= 0.6 is 0 Å². The Morgan fingerprint density at radius 3 is 2.79 bits per heavy atom. The first kappa shape index (κ1) is 16.6. The maximum Gasteiger partial charge on any atom is 0.254 e. The van der Waals surface area contributed by atoms with Gasteiger partial charge in [-0.2, -0.15) is 0 Å². The molecule has 1 atom stereocenters. The van der Waals surface area contributed by atoms with E-state index in [1.807, 2.05) is 41.8 Å². The second-order valence-corrected chi connectivity index (χ2v) is 6.08. The molecule has 1 fully saturated rings. The van der Waals surface area contributed by atoms with Crippen LogP contribution in [0, 0.1) is 0 Å². The van der Waals surface area contributed by atoms with Gasteiger partial charge in [-0.3, -0.25) is 4.79 Å². The molecule has 6 heteroatoms. The van der Waals surface area contributed by atoms with E-state index in [0.717, 1.165) is 30.8 Å². The van der Waals surface area contributed by atoms with Crippen LogP contribution in [0.2, 0.25) is 0 Å². The van der Waals surface area contributed by atoms with Crippen LogP contribution in [0.4, 0.5) is 0 Å². The second-order valence-electron chi connectivity index (χ2n) is 6.08. The van der Waals surface area contributed by atoms with Gasteiger partial charge in [0, 0.05) is 6.54 Å². The van der Waals surface area contributed by atoms with Crippen LogP contribution in [0.1, 0.15) is 50.1 Å². The summed E-state index contributed by atoms with van der Waals surface area (Å²) < 4.78 is 8.04. The molecule has 0 bridgehead atoms. The van der Waals surface area contributed by atoms with Gasteiger partial charge in [-0.25, -0.2) is 0 Å². The number of hydrogen-bond donors (Lipinski definition) is 1. The van der Waals surface area contributed by atoms with E-state index in [-0.39, 0.29) is 12.0 Å². The van der Waals surface area contributed by atoms with Crippen molar-refractivity contribution in [2.45, 2.75) is 57.9 Å². The molecule has 1 heterocycles. The van der Waals surface area contributed by atoms with Crippen LogP contribution in [0.3, 0.4) is 0 Å². The lowest BCUT2D eigenvalue weighted by atomic mass is 10.1. The highest BCUT2D eigenvalue weighted by Gasteiger charge is 2.27. The molecule has 1 N–H and O–H groups in total. The fraction of sp³-hybridized carbons (Fsp3) is 0.500. The van der Waals surface area contributed by atoms with Crippen LogP contribution in [-0.4, -0.2) is 26.8 Å². The minimum absolute atomic E-state index is 0.126. The molecule has 1 aromatic heterocycles. The lowest BCUT2D eigenvalue weighted by Crippen LogP contribution is -2.33. The Morgan fingerprint density at radius 1 is 1.33 bits per heavy atom. The lowest BCUT2D eigenvalue weighted by molar-refractivity contribution is -0.137. The predicted molar refractivity (Wildman–Crippen MR) is 90.1 cm³/mol. The average Bonchev–Trinajstić information content (AvgIpc) is 3.29. The van der Waals surface area contributed by atoms with Gasteiger partial charge in [0.2, 0.25) is 0 Å².